The molecule has 6 nitrogen and oxygen atoms in total. The number of nitrogens with one attached hydrogen (secondary N) is 1. The highest BCUT2D eigenvalue weighted by molar-refractivity contribution is 7.84. The van der Waals surface area contributed by atoms with Gasteiger partial charge in [-0.3, -0.25) is 9.00 Å². The second-order valence-corrected chi connectivity index (χ2v) is 8.95. The molecule has 1 fully saturated rings. The summed E-state index contributed by atoms with van der Waals surface area (Å²) in [6.07, 6.45) is 2.09. The molecule has 30 heavy (non-hydrogen) atoms. The predicted molar refractivity (Wildman–Crippen MR) is 115 cm³/mol. The van der Waals surface area contributed by atoms with Crippen LogP contribution in [0.1, 0.15) is 36.1 Å². The van der Waals surface area contributed by atoms with Gasteiger partial charge in [-0.25, -0.2) is 4.39 Å². The third-order valence-electron chi connectivity index (χ3n) is 5.18. The lowest BCUT2D eigenvalue weighted by Crippen LogP contribution is -2.47. The Kier molecular flexibility index (Phi) is 8.60. The fourth-order valence-electron chi connectivity index (χ4n) is 3.52. The number of amides is 1. The Morgan fingerprint density at radius 1 is 1.07 bits per heavy atom. The van der Waals surface area contributed by atoms with E-state index in [0.717, 1.165) is 39.1 Å². The van der Waals surface area contributed by atoms with Crippen LogP contribution in [0.3, 0.4) is 0 Å². The normalized spacial score (nSPS) is 16.5. The first-order valence-electron chi connectivity index (χ1n) is 10.5. The fraction of sp³-hybridized carbons (Fsp3) is 0.500. The molecule has 0 spiro atoms. The van der Waals surface area contributed by atoms with Crippen molar-refractivity contribution in [2.75, 3.05) is 45.8 Å². The van der Waals surface area contributed by atoms with Gasteiger partial charge in [0.15, 0.2) is 5.76 Å². The van der Waals surface area contributed by atoms with Crippen LogP contribution in [-0.4, -0.2) is 65.7 Å². The molecule has 0 saturated carbocycles. The SMILES string of the molecule is CCCN1CCN(CCCNC(=O)c2ccc(C[S@@](=O)c3ccc(F)cc3)o2)CC1. The van der Waals surface area contributed by atoms with Gasteiger partial charge in [-0.1, -0.05) is 6.92 Å². The van der Waals surface area contributed by atoms with Crippen LogP contribution in [0.15, 0.2) is 45.7 Å². The summed E-state index contributed by atoms with van der Waals surface area (Å²) in [4.78, 5) is 17.7. The molecule has 1 aliphatic heterocycles. The zero-order valence-corrected chi connectivity index (χ0v) is 18.3. The lowest BCUT2D eigenvalue weighted by molar-refractivity contribution is 0.0919. The first-order valence-corrected chi connectivity index (χ1v) is 11.8. The smallest absolute Gasteiger partial charge is 0.286 e. The quantitative estimate of drug-likeness (QED) is 0.582. The Morgan fingerprint density at radius 3 is 2.40 bits per heavy atom. The molecular weight excluding hydrogens is 405 g/mol. The molecule has 8 heteroatoms. The summed E-state index contributed by atoms with van der Waals surface area (Å²) < 4.78 is 30.9. The van der Waals surface area contributed by atoms with E-state index < -0.39 is 10.8 Å². The van der Waals surface area contributed by atoms with Crippen LogP contribution in [-0.2, 0) is 16.6 Å². The molecule has 1 aliphatic rings. The number of halogens is 1. The van der Waals surface area contributed by atoms with Gasteiger partial charge in [-0.2, -0.15) is 0 Å². The van der Waals surface area contributed by atoms with E-state index in [1.807, 2.05) is 0 Å². The Hall–Kier alpha value is -2.03. The molecule has 0 radical (unpaired) electrons. The van der Waals surface area contributed by atoms with Crippen molar-refractivity contribution in [3.05, 3.63) is 53.7 Å². The summed E-state index contributed by atoms with van der Waals surface area (Å²) in [7, 11) is -1.36. The van der Waals surface area contributed by atoms with Gasteiger partial charge in [0.2, 0.25) is 0 Å². The zero-order chi connectivity index (χ0) is 21.3. The minimum atomic E-state index is -1.36. The summed E-state index contributed by atoms with van der Waals surface area (Å²) in [6, 6.07) is 8.79. The first-order chi connectivity index (χ1) is 14.5. The average Bonchev–Trinajstić information content (AvgIpc) is 3.21. The van der Waals surface area contributed by atoms with E-state index in [-0.39, 0.29) is 23.2 Å². The maximum atomic E-state index is 13.0. The van der Waals surface area contributed by atoms with Gasteiger partial charge in [0.25, 0.3) is 5.91 Å². The van der Waals surface area contributed by atoms with Crippen molar-refractivity contribution in [3.63, 3.8) is 0 Å². The maximum absolute atomic E-state index is 13.0. The highest BCUT2D eigenvalue weighted by Gasteiger charge is 2.16. The Labute approximate surface area is 179 Å². The van der Waals surface area contributed by atoms with E-state index in [9.17, 15) is 13.4 Å². The lowest BCUT2D eigenvalue weighted by atomic mass is 10.2. The van der Waals surface area contributed by atoms with Crippen molar-refractivity contribution in [1.29, 1.82) is 0 Å². The summed E-state index contributed by atoms with van der Waals surface area (Å²) >= 11 is 0. The number of hydrogen-bond donors (Lipinski definition) is 1. The van der Waals surface area contributed by atoms with Crippen LogP contribution in [0.25, 0.3) is 0 Å². The highest BCUT2D eigenvalue weighted by Crippen LogP contribution is 2.15. The second-order valence-electron chi connectivity index (χ2n) is 7.50. The van der Waals surface area contributed by atoms with E-state index in [1.54, 1.807) is 12.1 Å². The molecular formula is C22H30FN3O3S. The van der Waals surface area contributed by atoms with Crippen LogP contribution < -0.4 is 5.32 Å². The average molecular weight is 436 g/mol. The van der Waals surface area contributed by atoms with E-state index in [4.69, 9.17) is 4.42 Å². The molecule has 0 bridgehead atoms. The standard InChI is InChI=1S/C22H30FN3O3S/c1-2-11-25-13-15-26(16-14-25)12-3-10-24-22(27)21-9-6-19(29-21)17-30(28)20-7-4-18(23)5-8-20/h4-9H,2-3,10-17H2,1H3,(H,24,27)/t30-/m1/s1. The molecule has 1 saturated heterocycles. The van der Waals surface area contributed by atoms with Crippen LogP contribution in [0, 0.1) is 5.82 Å². The molecule has 1 aromatic heterocycles. The number of benzene rings is 1. The maximum Gasteiger partial charge on any atom is 0.286 e. The number of piperazine rings is 1. The molecule has 1 atom stereocenters. The van der Waals surface area contributed by atoms with Crippen molar-refractivity contribution in [2.24, 2.45) is 0 Å². The summed E-state index contributed by atoms with van der Waals surface area (Å²) in [6.45, 7) is 9.35. The first kappa shape index (κ1) is 22.7. The number of hydrogen-bond acceptors (Lipinski definition) is 5. The van der Waals surface area contributed by atoms with Gasteiger partial charge in [-0.15, -0.1) is 0 Å². The van der Waals surface area contributed by atoms with Crippen molar-refractivity contribution in [2.45, 2.75) is 30.4 Å². The minimum absolute atomic E-state index is 0.142. The van der Waals surface area contributed by atoms with Crippen molar-refractivity contribution < 1.29 is 17.8 Å². The third-order valence-corrected chi connectivity index (χ3v) is 6.52. The van der Waals surface area contributed by atoms with Crippen molar-refractivity contribution in [3.8, 4) is 0 Å². The predicted octanol–water partition coefficient (Wildman–Crippen LogP) is 2.87. The molecule has 1 N–H and O–H groups in total. The van der Waals surface area contributed by atoms with Gasteiger partial charge < -0.3 is 19.5 Å². The van der Waals surface area contributed by atoms with Crippen LogP contribution in [0.2, 0.25) is 0 Å². The monoisotopic (exact) mass is 435 g/mol. The van der Waals surface area contributed by atoms with E-state index in [1.165, 1.54) is 37.2 Å². The molecule has 3 rings (SSSR count). The Balaban J connectivity index is 1.37. The van der Waals surface area contributed by atoms with Gasteiger partial charge in [0, 0.05) is 37.6 Å². The zero-order valence-electron chi connectivity index (χ0n) is 17.4. The van der Waals surface area contributed by atoms with Crippen molar-refractivity contribution >= 4 is 16.7 Å². The van der Waals surface area contributed by atoms with Gasteiger partial charge in [0.1, 0.15) is 11.6 Å². The molecule has 0 aliphatic carbocycles. The minimum Gasteiger partial charge on any atom is -0.455 e. The van der Waals surface area contributed by atoms with Crippen LogP contribution >= 0.6 is 0 Å². The van der Waals surface area contributed by atoms with Crippen LogP contribution in [0.5, 0.6) is 0 Å². The van der Waals surface area contributed by atoms with Gasteiger partial charge in [0.05, 0.1) is 16.6 Å². The summed E-state index contributed by atoms with van der Waals surface area (Å²) in [5.74, 6) is 0.193. The molecule has 0 unspecified atom stereocenters. The molecule has 164 valence electrons. The van der Waals surface area contributed by atoms with Crippen molar-refractivity contribution in [1.82, 2.24) is 15.1 Å². The Morgan fingerprint density at radius 2 is 1.73 bits per heavy atom. The number of nitrogens with zero attached hydrogens (tertiary/aromatic N) is 2. The summed E-state index contributed by atoms with van der Waals surface area (Å²) in [5.41, 5.74) is 0. The number of carbonyl (C=O) groups excluding carboxylic acids is 1. The van der Waals surface area contributed by atoms with Gasteiger partial charge >= 0.3 is 0 Å². The van der Waals surface area contributed by atoms with E-state index in [2.05, 4.69) is 22.0 Å². The fourth-order valence-corrected chi connectivity index (χ4v) is 4.54. The van der Waals surface area contributed by atoms with Crippen LogP contribution in [0.4, 0.5) is 4.39 Å². The number of rotatable bonds is 10. The van der Waals surface area contributed by atoms with Gasteiger partial charge in [-0.05, 0) is 62.3 Å². The highest BCUT2D eigenvalue weighted by atomic mass is 32.2. The number of furan rings is 1. The summed E-state index contributed by atoms with van der Waals surface area (Å²) in [5, 5.41) is 2.88. The van der Waals surface area contributed by atoms with E-state index >= 15 is 0 Å². The molecule has 1 aromatic carbocycles. The third kappa shape index (κ3) is 6.75. The largest absolute Gasteiger partial charge is 0.455 e. The Bertz CT molecular complexity index is 832. The topological polar surface area (TPSA) is 65.8 Å². The lowest BCUT2D eigenvalue weighted by Gasteiger charge is -2.34. The molecule has 1 amide bonds. The van der Waals surface area contributed by atoms with E-state index in [0.29, 0.717) is 17.2 Å². The number of carbonyl (C=O) groups is 1. The molecule has 2 aromatic rings. The second kappa shape index (κ2) is 11.4. The molecule has 2 heterocycles.